The second-order valence-electron chi connectivity index (χ2n) is 7.74. The second-order valence-corrected chi connectivity index (χ2v) is 9.49. The lowest BCUT2D eigenvalue weighted by atomic mass is 10.1. The van der Waals surface area contributed by atoms with Gasteiger partial charge in [0.15, 0.2) is 0 Å². The summed E-state index contributed by atoms with van der Waals surface area (Å²) in [5, 5.41) is 11.7. The lowest BCUT2D eigenvalue weighted by Gasteiger charge is -2.29. The van der Waals surface area contributed by atoms with Crippen molar-refractivity contribution in [3.8, 4) is 6.07 Å². The summed E-state index contributed by atoms with van der Waals surface area (Å²) in [4.78, 5) is 17.7. The summed E-state index contributed by atoms with van der Waals surface area (Å²) in [5.74, 6) is -1.57. The first-order chi connectivity index (χ1) is 16.9. The molecular weight excluding hydrogens is 506 g/mol. The van der Waals surface area contributed by atoms with E-state index < -0.39 is 39.3 Å². The lowest BCUT2D eigenvalue weighted by molar-refractivity contribution is -0.141. The van der Waals surface area contributed by atoms with E-state index in [9.17, 15) is 36.0 Å². The maximum absolute atomic E-state index is 14.4. The number of halogens is 4. The van der Waals surface area contributed by atoms with Crippen molar-refractivity contribution in [2.45, 2.75) is 12.7 Å². The van der Waals surface area contributed by atoms with Gasteiger partial charge in [-0.1, -0.05) is 0 Å². The van der Waals surface area contributed by atoms with Gasteiger partial charge in [-0.3, -0.25) is 9.52 Å². The van der Waals surface area contributed by atoms with Crippen molar-refractivity contribution < 1.29 is 35.5 Å². The Kier molecular flexibility index (Phi) is 8.16. The number of rotatable bonds is 7. The van der Waals surface area contributed by atoms with Gasteiger partial charge in [0.25, 0.3) is 0 Å². The SMILES string of the molecule is CS(=O)(=O)Nc1c(F)cc(CNC(=O)C=Cc2ccc(C(F)(F)F)nc2N2CCOCC2)cc1C#N. The van der Waals surface area contributed by atoms with E-state index in [0.717, 1.165) is 24.5 Å². The van der Waals surface area contributed by atoms with Crippen LogP contribution in [-0.4, -0.2) is 51.9 Å². The third kappa shape index (κ3) is 7.15. The van der Waals surface area contributed by atoms with Gasteiger partial charge in [-0.15, -0.1) is 0 Å². The van der Waals surface area contributed by atoms with E-state index in [1.165, 1.54) is 18.2 Å². The molecule has 0 radical (unpaired) electrons. The van der Waals surface area contributed by atoms with Gasteiger partial charge in [-0.2, -0.15) is 18.4 Å². The Bertz CT molecular complexity index is 1320. The molecule has 0 spiro atoms. The van der Waals surface area contributed by atoms with Gasteiger partial charge in [0.2, 0.25) is 15.9 Å². The molecule has 1 fully saturated rings. The number of hydrogen-bond acceptors (Lipinski definition) is 7. The molecule has 3 rings (SSSR count). The van der Waals surface area contributed by atoms with Gasteiger partial charge in [-0.25, -0.2) is 17.8 Å². The molecule has 1 aliphatic heterocycles. The van der Waals surface area contributed by atoms with Gasteiger partial charge in [0, 0.05) is 31.3 Å². The number of anilines is 2. The number of alkyl halides is 3. The van der Waals surface area contributed by atoms with Crippen LogP contribution in [0.1, 0.15) is 22.4 Å². The number of benzene rings is 1. The highest BCUT2D eigenvalue weighted by molar-refractivity contribution is 7.92. The number of sulfonamides is 1. The summed E-state index contributed by atoms with van der Waals surface area (Å²) < 4.78 is 83.8. The summed E-state index contributed by atoms with van der Waals surface area (Å²) in [7, 11) is -3.83. The number of nitrogens with one attached hydrogen (secondary N) is 2. The van der Waals surface area contributed by atoms with Crippen LogP contribution >= 0.6 is 0 Å². The molecule has 1 amide bonds. The van der Waals surface area contributed by atoms with Crippen molar-refractivity contribution in [1.29, 1.82) is 5.26 Å². The summed E-state index contributed by atoms with van der Waals surface area (Å²) in [6, 6.07) is 5.91. The van der Waals surface area contributed by atoms with Crippen molar-refractivity contribution in [1.82, 2.24) is 10.3 Å². The molecule has 9 nitrogen and oxygen atoms in total. The number of nitriles is 1. The molecule has 1 saturated heterocycles. The second kappa shape index (κ2) is 10.9. The van der Waals surface area contributed by atoms with Crippen LogP contribution < -0.4 is 14.9 Å². The molecule has 192 valence electrons. The van der Waals surface area contributed by atoms with Crippen LogP contribution in [-0.2, 0) is 32.3 Å². The third-order valence-corrected chi connectivity index (χ3v) is 5.52. The molecule has 2 heterocycles. The highest BCUT2D eigenvalue weighted by Crippen LogP contribution is 2.31. The Balaban J connectivity index is 1.76. The van der Waals surface area contributed by atoms with E-state index in [1.807, 2.05) is 4.72 Å². The Morgan fingerprint density at radius 1 is 1.28 bits per heavy atom. The van der Waals surface area contributed by atoms with Gasteiger partial charge in [0.05, 0.1) is 25.0 Å². The van der Waals surface area contributed by atoms with E-state index in [-0.39, 0.29) is 29.1 Å². The molecule has 0 atom stereocenters. The zero-order valence-corrected chi connectivity index (χ0v) is 19.7. The zero-order valence-electron chi connectivity index (χ0n) is 18.9. The molecule has 36 heavy (non-hydrogen) atoms. The Labute approximate surface area is 204 Å². The maximum Gasteiger partial charge on any atom is 0.433 e. The van der Waals surface area contributed by atoms with Crippen LogP contribution in [0.25, 0.3) is 6.08 Å². The number of nitrogens with zero attached hydrogens (tertiary/aromatic N) is 3. The van der Waals surface area contributed by atoms with Crippen LogP contribution in [0.3, 0.4) is 0 Å². The van der Waals surface area contributed by atoms with Crippen molar-refractivity contribution in [2.24, 2.45) is 0 Å². The van der Waals surface area contributed by atoms with Gasteiger partial charge in [-0.05, 0) is 35.9 Å². The molecule has 0 saturated carbocycles. The van der Waals surface area contributed by atoms with Crippen LogP contribution in [0.15, 0.2) is 30.3 Å². The quantitative estimate of drug-likeness (QED) is 0.419. The fourth-order valence-electron chi connectivity index (χ4n) is 3.33. The van der Waals surface area contributed by atoms with E-state index in [4.69, 9.17) is 4.74 Å². The van der Waals surface area contributed by atoms with Crippen molar-refractivity contribution in [3.05, 3.63) is 58.5 Å². The number of carbonyl (C=O) groups excluding carboxylic acids is 1. The summed E-state index contributed by atoms with van der Waals surface area (Å²) in [6.45, 7) is 1.11. The van der Waals surface area contributed by atoms with Crippen molar-refractivity contribution >= 4 is 33.5 Å². The molecular formula is C22H21F4N5O4S. The highest BCUT2D eigenvalue weighted by Gasteiger charge is 2.33. The zero-order chi connectivity index (χ0) is 26.5. The molecule has 1 aliphatic rings. The monoisotopic (exact) mass is 527 g/mol. The fourth-order valence-corrected chi connectivity index (χ4v) is 3.91. The van der Waals surface area contributed by atoms with Crippen molar-refractivity contribution in [2.75, 3.05) is 42.2 Å². The number of ether oxygens (including phenoxy) is 1. The average Bonchev–Trinajstić information content (AvgIpc) is 2.82. The molecule has 1 aromatic heterocycles. The Morgan fingerprint density at radius 2 is 1.97 bits per heavy atom. The smallest absolute Gasteiger partial charge is 0.378 e. The molecule has 14 heteroatoms. The summed E-state index contributed by atoms with van der Waals surface area (Å²) in [5.41, 5.74) is -1.36. The van der Waals surface area contributed by atoms with E-state index in [0.29, 0.717) is 26.3 Å². The summed E-state index contributed by atoms with van der Waals surface area (Å²) in [6.07, 6.45) is -1.42. The number of carbonyl (C=O) groups is 1. The topological polar surface area (TPSA) is 124 Å². The minimum Gasteiger partial charge on any atom is -0.378 e. The third-order valence-electron chi connectivity index (χ3n) is 4.95. The van der Waals surface area contributed by atoms with Crippen LogP contribution in [0.2, 0.25) is 0 Å². The molecule has 0 bridgehead atoms. The Hall–Kier alpha value is -3.70. The number of hydrogen-bond donors (Lipinski definition) is 2. The molecule has 2 N–H and O–H groups in total. The van der Waals surface area contributed by atoms with Crippen LogP contribution in [0.4, 0.5) is 29.1 Å². The van der Waals surface area contributed by atoms with E-state index >= 15 is 0 Å². The largest absolute Gasteiger partial charge is 0.433 e. The molecule has 2 aromatic rings. The first-order valence-corrected chi connectivity index (χ1v) is 12.3. The van der Waals surface area contributed by atoms with E-state index in [1.54, 1.807) is 11.0 Å². The standard InChI is InChI=1S/C22H21F4N5O4S/c1-36(33,34)30-20-16(12-27)10-14(11-17(20)23)13-28-19(32)5-3-15-2-4-18(22(24,25)26)29-21(15)31-6-8-35-9-7-31/h2-5,10-11,30H,6-9,13H2,1H3,(H,28,32). The van der Waals surface area contributed by atoms with Crippen molar-refractivity contribution in [3.63, 3.8) is 0 Å². The molecule has 0 unspecified atom stereocenters. The average molecular weight is 528 g/mol. The van der Waals surface area contributed by atoms with Crippen LogP contribution in [0.5, 0.6) is 0 Å². The predicted octanol–water partition coefficient (Wildman–Crippen LogP) is 2.65. The highest BCUT2D eigenvalue weighted by atomic mass is 32.2. The predicted molar refractivity (Wildman–Crippen MR) is 123 cm³/mol. The minimum atomic E-state index is -4.63. The summed E-state index contributed by atoms with van der Waals surface area (Å²) >= 11 is 0. The van der Waals surface area contributed by atoms with Gasteiger partial charge >= 0.3 is 6.18 Å². The molecule has 1 aromatic carbocycles. The van der Waals surface area contributed by atoms with E-state index in [2.05, 4.69) is 10.3 Å². The first-order valence-electron chi connectivity index (χ1n) is 10.4. The number of aromatic nitrogens is 1. The normalized spacial score (nSPS) is 14.5. The fraction of sp³-hybridized carbons (Fsp3) is 0.318. The molecule has 0 aliphatic carbocycles. The lowest BCUT2D eigenvalue weighted by Crippen LogP contribution is -2.37. The number of amides is 1. The number of pyridine rings is 1. The number of morpholine rings is 1. The van der Waals surface area contributed by atoms with Gasteiger partial charge < -0.3 is 15.0 Å². The minimum absolute atomic E-state index is 0.0619. The first kappa shape index (κ1) is 26.9. The van der Waals surface area contributed by atoms with Crippen LogP contribution in [0, 0.1) is 17.1 Å². The Morgan fingerprint density at radius 3 is 2.58 bits per heavy atom. The van der Waals surface area contributed by atoms with Gasteiger partial charge in [0.1, 0.15) is 29.1 Å². The maximum atomic E-state index is 14.4.